The number of amides is 2. The van der Waals surface area contributed by atoms with Gasteiger partial charge in [0.05, 0.1) is 12.3 Å². The maximum absolute atomic E-state index is 12.9. The summed E-state index contributed by atoms with van der Waals surface area (Å²) >= 11 is 1.35. The standard InChI is InChI=1S/C17H23N3O5S/c1-17(2)5-3-12-13(4-6-17)26-9-11(19-15(24)10(18)8-21)16(25)20(12)7-14(22)23/h3-6,10-11,21H,7-9,18H2,1-2H3,(H,19,24)(H,22,23). The Balaban J connectivity index is 2.34. The molecule has 0 bridgehead atoms. The molecule has 0 aromatic carbocycles. The molecule has 26 heavy (non-hydrogen) atoms. The van der Waals surface area contributed by atoms with Crippen molar-refractivity contribution in [2.45, 2.75) is 25.9 Å². The average Bonchev–Trinajstić information content (AvgIpc) is 2.79. The van der Waals surface area contributed by atoms with Gasteiger partial charge in [-0.25, -0.2) is 0 Å². The van der Waals surface area contributed by atoms with Crippen molar-refractivity contribution < 1.29 is 24.6 Å². The number of rotatable bonds is 5. The molecule has 0 saturated heterocycles. The first-order valence-electron chi connectivity index (χ1n) is 8.10. The number of thioether (sulfide) groups is 1. The Hall–Kier alpha value is -2.10. The van der Waals surface area contributed by atoms with E-state index in [-0.39, 0.29) is 11.2 Å². The van der Waals surface area contributed by atoms with E-state index in [9.17, 15) is 19.5 Å². The molecule has 0 aromatic rings. The van der Waals surface area contributed by atoms with Gasteiger partial charge in [-0.05, 0) is 12.2 Å². The molecule has 5 N–H and O–H groups in total. The fourth-order valence-electron chi connectivity index (χ4n) is 2.47. The number of carbonyl (C=O) groups excluding carboxylic acids is 2. The Bertz CT molecular complexity index is 699. The molecule has 0 saturated carbocycles. The summed E-state index contributed by atoms with van der Waals surface area (Å²) in [5.74, 6) is -2.11. The number of carboxylic acids is 1. The Morgan fingerprint density at radius 2 is 2.08 bits per heavy atom. The number of carbonyl (C=O) groups is 3. The number of hydrogen-bond donors (Lipinski definition) is 4. The third-order valence-electron chi connectivity index (χ3n) is 3.99. The smallest absolute Gasteiger partial charge is 0.323 e. The van der Waals surface area contributed by atoms with Crippen LogP contribution in [0.1, 0.15) is 13.8 Å². The van der Waals surface area contributed by atoms with Crippen molar-refractivity contribution in [2.75, 3.05) is 18.9 Å². The van der Waals surface area contributed by atoms with Crippen LogP contribution in [0.25, 0.3) is 0 Å². The molecule has 1 aliphatic carbocycles. The summed E-state index contributed by atoms with van der Waals surface area (Å²) in [7, 11) is 0. The largest absolute Gasteiger partial charge is 0.480 e. The van der Waals surface area contributed by atoms with Crippen LogP contribution < -0.4 is 11.1 Å². The van der Waals surface area contributed by atoms with E-state index in [1.54, 1.807) is 6.08 Å². The maximum Gasteiger partial charge on any atom is 0.323 e. The molecule has 0 fully saturated rings. The fraction of sp³-hybridized carbons (Fsp3) is 0.471. The summed E-state index contributed by atoms with van der Waals surface area (Å²) in [6, 6.07) is -2.08. The van der Waals surface area contributed by atoms with E-state index < -0.39 is 43.0 Å². The lowest BCUT2D eigenvalue weighted by molar-refractivity contribution is -0.143. The minimum absolute atomic E-state index is 0.230. The number of aliphatic hydroxyl groups excluding tert-OH is 1. The van der Waals surface area contributed by atoms with Crippen molar-refractivity contribution in [3.63, 3.8) is 0 Å². The second kappa shape index (κ2) is 8.07. The molecular weight excluding hydrogens is 358 g/mol. The summed E-state index contributed by atoms with van der Waals surface area (Å²) in [4.78, 5) is 38.1. The summed E-state index contributed by atoms with van der Waals surface area (Å²) < 4.78 is 0. The zero-order valence-electron chi connectivity index (χ0n) is 14.6. The van der Waals surface area contributed by atoms with Crippen LogP contribution in [0.4, 0.5) is 0 Å². The van der Waals surface area contributed by atoms with Crippen molar-refractivity contribution in [1.29, 1.82) is 0 Å². The monoisotopic (exact) mass is 381 g/mol. The van der Waals surface area contributed by atoms with E-state index in [2.05, 4.69) is 5.32 Å². The second-order valence-electron chi connectivity index (χ2n) is 6.72. The maximum atomic E-state index is 12.9. The van der Waals surface area contributed by atoms with Gasteiger partial charge in [-0.1, -0.05) is 26.0 Å². The third kappa shape index (κ3) is 4.75. The lowest BCUT2D eigenvalue weighted by Crippen LogP contribution is -2.54. The number of nitrogens with zero attached hydrogens (tertiary/aromatic N) is 1. The van der Waals surface area contributed by atoms with E-state index in [0.717, 1.165) is 9.81 Å². The highest BCUT2D eigenvalue weighted by atomic mass is 32.2. The molecule has 0 aromatic heterocycles. The van der Waals surface area contributed by atoms with Gasteiger partial charge >= 0.3 is 5.97 Å². The van der Waals surface area contributed by atoms with Crippen molar-refractivity contribution in [1.82, 2.24) is 10.2 Å². The second-order valence-corrected chi connectivity index (χ2v) is 7.78. The third-order valence-corrected chi connectivity index (χ3v) is 5.15. The molecule has 9 heteroatoms. The zero-order valence-corrected chi connectivity index (χ0v) is 15.5. The first-order valence-corrected chi connectivity index (χ1v) is 9.08. The molecule has 0 radical (unpaired) electrons. The molecule has 142 valence electrons. The normalized spacial score (nSPS) is 23.2. The first-order chi connectivity index (χ1) is 12.1. The molecule has 2 amide bonds. The molecule has 0 spiro atoms. The van der Waals surface area contributed by atoms with E-state index in [1.807, 2.05) is 32.1 Å². The molecule has 1 aliphatic heterocycles. The molecule has 8 nitrogen and oxygen atoms in total. The van der Waals surface area contributed by atoms with Crippen LogP contribution in [0.15, 0.2) is 34.9 Å². The topological polar surface area (TPSA) is 133 Å². The predicted molar refractivity (Wildman–Crippen MR) is 97.9 cm³/mol. The number of carboxylic acid groups (broad SMARTS) is 1. The van der Waals surface area contributed by atoms with Crippen molar-refractivity contribution in [3.8, 4) is 0 Å². The van der Waals surface area contributed by atoms with Crippen LogP contribution >= 0.6 is 11.8 Å². The Kier molecular flexibility index (Phi) is 6.27. The fourth-order valence-corrected chi connectivity index (χ4v) is 3.53. The predicted octanol–water partition coefficient (Wildman–Crippen LogP) is -0.185. The lowest BCUT2D eigenvalue weighted by atomic mass is 9.93. The molecule has 2 atom stereocenters. The average molecular weight is 381 g/mol. The molecule has 2 unspecified atom stereocenters. The van der Waals surface area contributed by atoms with Gasteiger partial charge in [0.15, 0.2) is 0 Å². The quantitative estimate of drug-likeness (QED) is 0.519. The van der Waals surface area contributed by atoms with E-state index >= 15 is 0 Å². The summed E-state index contributed by atoms with van der Waals surface area (Å²) in [5, 5.41) is 20.7. The van der Waals surface area contributed by atoms with E-state index in [4.69, 9.17) is 10.8 Å². The number of nitrogens with one attached hydrogen (secondary N) is 1. The number of nitrogens with two attached hydrogens (primary N) is 1. The van der Waals surface area contributed by atoms with Crippen molar-refractivity contribution in [3.05, 3.63) is 34.9 Å². The molecule has 1 heterocycles. The van der Waals surface area contributed by atoms with Crippen LogP contribution in [0.3, 0.4) is 0 Å². The Morgan fingerprint density at radius 3 is 2.69 bits per heavy atom. The molecule has 2 rings (SSSR count). The highest BCUT2D eigenvalue weighted by molar-refractivity contribution is 8.03. The van der Waals surface area contributed by atoms with Gasteiger partial charge in [-0.15, -0.1) is 11.8 Å². The highest BCUT2D eigenvalue weighted by Crippen LogP contribution is 2.35. The van der Waals surface area contributed by atoms with Crippen molar-refractivity contribution in [2.24, 2.45) is 11.1 Å². The van der Waals surface area contributed by atoms with Crippen molar-refractivity contribution >= 4 is 29.5 Å². The highest BCUT2D eigenvalue weighted by Gasteiger charge is 2.34. The van der Waals surface area contributed by atoms with E-state index in [0.29, 0.717) is 5.70 Å². The van der Waals surface area contributed by atoms with Gasteiger partial charge < -0.3 is 21.3 Å². The Labute approximate surface area is 155 Å². The lowest BCUT2D eigenvalue weighted by Gasteiger charge is -2.25. The van der Waals surface area contributed by atoms with Crippen LogP contribution in [0.2, 0.25) is 0 Å². The van der Waals surface area contributed by atoms with Gasteiger partial charge in [-0.3, -0.25) is 19.3 Å². The van der Waals surface area contributed by atoms with Crippen LogP contribution in [0.5, 0.6) is 0 Å². The van der Waals surface area contributed by atoms with Gasteiger partial charge in [0, 0.05) is 16.1 Å². The van der Waals surface area contributed by atoms with Gasteiger partial charge in [0.2, 0.25) is 5.91 Å². The first kappa shape index (κ1) is 20.2. The summed E-state index contributed by atoms with van der Waals surface area (Å²) in [5.41, 5.74) is 5.74. The minimum Gasteiger partial charge on any atom is -0.480 e. The minimum atomic E-state index is -1.16. The number of aliphatic hydroxyl groups is 1. The number of aliphatic carboxylic acids is 1. The van der Waals surface area contributed by atoms with E-state index in [1.165, 1.54) is 11.8 Å². The van der Waals surface area contributed by atoms with Crippen LogP contribution in [-0.2, 0) is 14.4 Å². The Morgan fingerprint density at radius 1 is 1.42 bits per heavy atom. The van der Waals surface area contributed by atoms with Crippen LogP contribution in [-0.4, -0.2) is 63.9 Å². The molecular formula is C17H23N3O5S. The zero-order chi connectivity index (χ0) is 19.5. The summed E-state index contributed by atoms with van der Waals surface area (Å²) in [6.45, 7) is 2.93. The number of hydrogen-bond acceptors (Lipinski definition) is 6. The van der Waals surface area contributed by atoms with Gasteiger partial charge in [0.25, 0.3) is 5.91 Å². The number of allylic oxidation sites excluding steroid dienone is 4. The van der Waals surface area contributed by atoms with Gasteiger partial charge in [-0.2, -0.15) is 0 Å². The van der Waals surface area contributed by atoms with Crippen LogP contribution in [0, 0.1) is 5.41 Å². The molecule has 2 aliphatic rings. The van der Waals surface area contributed by atoms with Gasteiger partial charge in [0.1, 0.15) is 18.6 Å². The summed E-state index contributed by atoms with van der Waals surface area (Å²) in [6.07, 6.45) is 7.48. The SMILES string of the molecule is CC1(C)C=CC2=C(C=C1)N(CC(=O)O)C(=O)C(NC(=O)C(N)CO)CS2.